The molecule has 0 saturated carbocycles. The third-order valence-electron chi connectivity index (χ3n) is 5.88. The third-order valence-corrected chi connectivity index (χ3v) is 5.88. The Bertz CT molecular complexity index is 937. The first kappa shape index (κ1) is 17.8. The molecule has 27 heavy (non-hydrogen) atoms. The highest BCUT2D eigenvalue weighted by atomic mass is 16.2. The molecule has 0 radical (unpaired) electrons. The van der Waals surface area contributed by atoms with Crippen LogP contribution in [0.4, 0.5) is 0 Å². The molecule has 0 atom stereocenters. The summed E-state index contributed by atoms with van der Waals surface area (Å²) in [7, 11) is 0. The summed E-state index contributed by atoms with van der Waals surface area (Å²) in [5.74, 6) is 0.877. The quantitative estimate of drug-likeness (QED) is 0.701. The van der Waals surface area contributed by atoms with Crippen LogP contribution in [0.25, 0.3) is 11.0 Å². The van der Waals surface area contributed by atoms with Gasteiger partial charge in [-0.2, -0.15) is 0 Å². The largest absolute Gasteiger partial charge is 0.341 e. The number of amides is 1. The fourth-order valence-electron chi connectivity index (χ4n) is 4.02. The Kier molecular flexibility index (Phi) is 4.97. The molecular formula is C23H27N3O. The number of nitrogens with zero attached hydrogens (tertiary/aromatic N) is 3. The van der Waals surface area contributed by atoms with Gasteiger partial charge in [0.1, 0.15) is 6.54 Å². The topological polar surface area (TPSA) is 38.1 Å². The lowest BCUT2D eigenvalue weighted by Gasteiger charge is -2.32. The lowest BCUT2D eigenvalue weighted by Crippen LogP contribution is -2.40. The number of hydrogen-bond donors (Lipinski definition) is 0. The first-order valence-corrected chi connectivity index (χ1v) is 9.84. The minimum atomic E-state index is 0.200. The zero-order valence-corrected chi connectivity index (χ0v) is 16.2. The minimum absolute atomic E-state index is 0.200. The number of hydrogen-bond acceptors (Lipinski definition) is 2. The lowest BCUT2D eigenvalue weighted by atomic mass is 9.90. The van der Waals surface area contributed by atoms with Crippen LogP contribution >= 0.6 is 0 Å². The number of imidazole rings is 1. The van der Waals surface area contributed by atoms with E-state index in [2.05, 4.69) is 61.3 Å². The molecule has 2 aromatic carbocycles. The van der Waals surface area contributed by atoms with Gasteiger partial charge in [-0.25, -0.2) is 4.98 Å². The third kappa shape index (κ3) is 3.90. The Morgan fingerprint density at radius 3 is 2.52 bits per heavy atom. The first-order valence-electron chi connectivity index (χ1n) is 9.84. The zero-order chi connectivity index (χ0) is 18.8. The molecule has 1 aliphatic rings. The maximum absolute atomic E-state index is 12.8. The van der Waals surface area contributed by atoms with Crippen LogP contribution in [-0.2, 0) is 17.8 Å². The molecule has 0 unspecified atom stereocenters. The molecule has 1 aromatic heterocycles. The van der Waals surface area contributed by atoms with E-state index < -0.39 is 0 Å². The summed E-state index contributed by atoms with van der Waals surface area (Å²) in [6, 6.07) is 14.9. The molecule has 3 aromatic rings. The summed E-state index contributed by atoms with van der Waals surface area (Å²) in [5.41, 5.74) is 5.88. The van der Waals surface area contributed by atoms with Crippen molar-refractivity contribution in [1.29, 1.82) is 0 Å². The van der Waals surface area contributed by atoms with Gasteiger partial charge in [0.05, 0.1) is 17.4 Å². The van der Waals surface area contributed by atoms with Crippen LogP contribution in [0.5, 0.6) is 0 Å². The minimum Gasteiger partial charge on any atom is -0.341 e. The summed E-state index contributed by atoms with van der Waals surface area (Å²) < 4.78 is 1.99. The zero-order valence-electron chi connectivity index (χ0n) is 16.2. The Hall–Kier alpha value is -2.62. The van der Waals surface area contributed by atoms with Crippen molar-refractivity contribution in [3.63, 3.8) is 0 Å². The van der Waals surface area contributed by atoms with E-state index in [1.165, 1.54) is 16.7 Å². The van der Waals surface area contributed by atoms with Crippen molar-refractivity contribution in [2.45, 2.75) is 39.7 Å². The van der Waals surface area contributed by atoms with Crippen LogP contribution in [0, 0.1) is 19.8 Å². The highest BCUT2D eigenvalue weighted by molar-refractivity contribution is 5.81. The molecule has 0 N–H and O–H groups in total. The normalized spacial score (nSPS) is 15.4. The Balaban J connectivity index is 1.37. The van der Waals surface area contributed by atoms with Crippen molar-refractivity contribution in [3.05, 3.63) is 65.5 Å². The Morgan fingerprint density at radius 1 is 1.07 bits per heavy atom. The number of carbonyl (C=O) groups is 1. The van der Waals surface area contributed by atoms with Gasteiger partial charge in [-0.1, -0.05) is 30.3 Å². The number of aromatic nitrogens is 2. The van der Waals surface area contributed by atoms with E-state index in [1.54, 1.807) is 6.33 Å². The van der Waals surface area contributed by atoms with Crippen LogP contribution in [0.1, 0.15) is 29.5 Å². The summed E-state index contributed by atoms with van der Waals surface area (Å²) in [4.78, 5) is 19.3. The smallest absolute Gasteiger partial charge is 0.242 e. The molecule has 4 nitrogen and oxygen atoms in total. The highest BCUT2D eigenvalue weighted by Gasteiger charge is 2.23. The van der Waals surface area contributed by atoms with Crippen molar-refractivity contribution in [3.8, 4) is 0 Å². The Morgan fingerprint density at radius 2 is 1.78 bits per heavy atom. The molecule has 0 spiro atoms. The van der Waals surface area contributed by atoms with Crippen LogP contribution in [0.15, 0.2) is 48.8 Å². The number of aryl methyl sites for hydroxylation is 2. The van der Waals surface area contributed by atoms with Gasteiger partial charge in [-0.3, -0.25) is 4.79 Å². The van der Waals surface area contributed by atoms with Gasteiger partial charge in [0.2, 0.25) is 5.91 Å². The van der Waals surface area contributed by atoms with Gasteiger partial charge < -0.3 is 9.47 Å². The fraction of sp³-hybridized carbons (Fsp3) is 0.391. The van der Waals surface area contributed by atoms with Crippen LogP contribution in [0.3, 0.4) is 0 Å². The molecule has 1 saturated heterocycles. The van der Waals surface area contributed by atoms with Crippen molar-refractivity contribution in [1.82, 2.24) is 14.5 Å². The van der Waals surface area contributed by atoms with Gasteiger partial charge >= 0.3 is 0 Å². The van der Waals surface area contributed by atoms with Gasteiger partial charge in [0.15, 0.2) is 0 Å². The number of rotatable bonds is 4. The van der Waals surface area contributed by atoms with E-state index in [9.17, 15) is 4.79 Å². The second-order valence-corrected chi connectivity index (χ2v) is 7.81. The number of carbonyl (C=O) groups excluding carboxylic acids is 1. The molecule has 4 heteroatoms. The monoisotopic (exact) mass is 361 g/mol. The summed E-state index contributed by atoms with van der Waals surface area (Å²) in [6.07, 6.45) is 5.09. The number of benzene rings is 2. The van der Waals surface area contributed by atoms with E-state index in [0.717, 1.165) is 43.4 Å². The molecule has 0 bridgehead atoms. The average molecular weight is 361 g/mol. The van der Waals surface area contributed by atoms with Gasteiger partial charge in [-0.15, -0.1) is 0 Å². The fourth-order valence-corrected chi connectivity index (χ4v) is 4.02. The number of likely N-dealkylation sites (tertiary alicyclic amines) is 1. The summed E-state index contributed by atoms with van der Waals surface area (Å²) >= 11 is 0. The maximum Gasteiger partial charge on any atom is 0.242 e. The Labute approximate surface area is 160 Å². The van der Waals surface area contributed by atoms with Crippen molar-refractivity contribution in [2.24, 2.45) is 5.92 Å². The lowest BCUT2D eigenvalue weighted by molar-refractivity contribution is -0.133. The van der Waals surface area contributed by atoms with E-state index in [0.29, 0.717) is 12.5 Å². The van der Waals surface area contributed by atoms with Crippen LogP contribution in [-0.4, -0.2) is 33.4 Å². The van der Waals surface area contributed by atoms with Crippen LogP contribution < -0.4 is 0 Å². The molecule has 4 rings (SSSR count). The molecule has 1 aliphatic heterocycles. The summed E-state index contributed by atoms with van der Waals surface area (Å²) in [5, 5.41) is 0. The predicted octanol–water partition coefficient (Wildman–Crippen LogP) is 4.13. The average Bonchev–Trinajstić information content (AvgIpc) is 3.05. The maximum atomic E-state index is 12.8. The molecule has 1 amide bonds. The number of fused-ring (bicyclic) bond motifs is 1. The SMILES string of the molecule is Cc1cc2ncn(CC(=O)N3CCC(Cc4ccccc4)CC3)c2cc1C. The van der Waals surface area contributed by atoms with Crippen LogP contribution in [0.2, 0.25) is 0 Å². The molecule has 0 aliphatic carbocycles. The first-order chi connectivity index (χ1) is 13.1. The highest BCUT2D eigenvalue weighted by Crippen LogP contribution is 2.23. The second kappa shape index (κ2) is 7.55. The van der Waals surface area contributed by atoms with E-state index in [-0.39, 0.29) is 5.91 Å². The number of piperidine rings is 1. The summed E-state index contributed by atoms with van der Waals surface area (Å²) in [6.45, 7) is 6.30. The molecule has 140 valence electrons. The van der Waals surface area contributed by atoms with Gasteiger partial charge in [-0.05, 0) is 67.9 Å². The van der Waals surface area contributed by atoms with Crippen molar-refractivity contribution in [2.75, 3.05) is 13.1 Å². The van der Waals surface area contributed by atoms with E-state index in [1.807, 2.05) is 9.47 Å². The molecule has 2 heterocycles. The standard InChI is InChI=1S/C23H27N3O/c1-17-12-21-22(13-18(17)2)26(16-24-21)15-23(27)25-10-8-20(9-11-25)14-19-6-4-3-5-7-19/h3-7,12-13,16,20H,8-11,14-15H2,1-2H3. The molecular weight excluding hydrogens is 334 g/mol. The van der Waals surface area contributed by atoms with Crippen molar-refractivity contribution < 1.29 is 4.79 Å². The van der Waals surface area contributed by atoms with Gasteiger partial charge in [0.25, 0.3) is 0 Å². The van der Waals surface area contributed by atoms with Crippen molar-refractivity contribution >= 4 is 16.9 Å². The molecule has 1 fully saturated rings. The predicted molar refractivity (Wildman–Crippen MR) is 109 cm³/mol. The van der Waals surface area contributed by atoms with Gasteiger partial charge in [0, 0.05) is 13.1 Å². The van der Waals surface area contributed by atoms with E-state index >= 15 is 0 Å². The second-order valence-electron chi connectivity index (χ2n) is 7.81. The van der Waals surface area contributed by atoms with E-state index in [4.69, 9.17) is 0 Å².